The lowest BCUT2D eigenvalue weighted by Crippen LogP contribution is -2.41. The van der Waals surface area contributed by atoms with Gasteiger partial charge in [0, 0.05) is 36.6 Å². The molecule has 44 heavy (non-hydrogen) atoms. The largest absolute Gasteiger partial charge is 0.452 e. The molecule has 6 rings (SSSR count). The fraction of sp³-hybridized carbons (Fsp3) is 0.121. The second-order valence-corrected chi connectivity index (χ2v) is 10.1. The minimum Gasteiger partial charge on any atom is -0.452 e. The first-order valence-corrected chi connectivity index (χ1v) is 13.7. The Morgan fingerprint density at radius 1 is 0.932 bits per heavy atom. The summed E-state index contributed by atoms with van der Waals surface area (Å²) >= 11 is 0. The molecule has 6 aromatic rings. The highest BCUT2D eigenvalue weighted by atomic mass is 19.1. The highest BCUT2D eigenvalue weighted by Crippen LogP contribution is 2.32. The number of ketones is 1. The monoisotopic (exact) mass is 593 g/mol. The maximum Gasteiger partial charge on any atom is 0.335 e. The van der Waals surface area contributed by atoms with Gasteiger partial charge in [0.2, 0.25) is 0 Å². The van der Waals surface area contributed by atoms with Crippen LogP contribution in [-0.2, 0) is 13.0 Å². The SMILES string of the molecule is CCn1cc(C(=O)Cc2ccc(Oc3cc(-c4cccc(C)n4)cn4nccc34)c(F)c2)c(=O)n(-c2ccc(F)cc2)c1=O. The number of fused-ring (bicyclic) bond motifs is 1. The number of Topliss-reactive ketones (excluding diaryl/α,β-unsaturated/α-hetero) is 1. The summed E-state index contributed by atoms with van der Waals surface area (Å²) < 4.78 is 38.5. The van der Waals surface area contributed by atoms with Crippen LogP contribution in [0.5, 0.6) is 11.5 Å². The quantitative estimate of drug-likeness (QED) is 0.215. The van der Waals surface area contributed by atoms with E-state index in [-0.39, 0.29) is 30.0 Å². The van der Waals surface area contributed by atoms with Crippen molar-refractivity contribution < 1.29 is 18.3 Å². The van der Waals surface area contributed by atoms with Gasteiger partial charge in [0.1, 0.15) is 16.9 Å². The molecule has 0 saturated carbocycles. The van der Waals surface area contributed by atoms with E-state index in [0.717, 1.165) is 28.0 Å². The van der Waals surface area contributed by atoms with Crippen LogP contribution in [0.1, 0.15) is 28.5 Å². The molecule has 4 aromatic heterocycles. The number of aryl methyl sites for hydroxylation is 2. The Morgan fingerprint density at radius 3 is 2.45 bits per heavy atom. The fourth-order valence-corrected chi connectivity index (χ4v) is 4.90. The van der Waals surface area contributed by atoms with Gasteiger partial charge in [-0.2, -0.15) is 5.10 Å². The average molecular weight is 594 g/mol. The maximum absolute atomic E-state index is 15.3. The molecule has 220 valence electrons. The van der Waals surface area contributed by atoms with Gasteiger partial charge in [-0.3, -0.25) is 19.1 Å². The molecule has 0 aliphatic heterocycles. The predicted octanol–water partition coefficient (Wildman–Crippen LogP) is 5.53. The van der Waals surface area contributed by atoms with Crippen molar-refractivity contribution in [1.82, 2.24) is 23.7 Å². The van der Waals surface area contributed by atoms with Crippen molar-refractivity contribution in [3.63, 3.8) is 0 Å². The Morgan fingerprint density at radius 2 is 1.73 bits per heavy atom. The number of aromatic nitrogens is 5. The Bertz CT molecular complexity index is 2170. The van der Waals surface area contributed by atoms with Gasteiger partial charge in [-0.05, 0) is 80.1 Å². The molecular weight excluding hydrogens is 568 g/mol. The molecule has 0 spiro atoms. The highest BCUT2D eigenvalue weighted by Gasteiger charge is 2.20. The van der Waals surface area contributed by atoms with Crippen LogP contribution >= 0.6 is 0 Å². The Kier molecular flexibility index (Phi) is 7.44. The first kappa shape index (κ1) is 28.4. The molecule has 0 radical (unpaired) electrons. The van der Waals surface area contributed by atoms with E-state index in [1.165, 1.54) is 41.1 Å². The van der Waals surface area contributed by atoms with Crippen molar-refractivity contribution in [2.75, 3.05) is 0 Å². The summed E-state index contributed by atoms with van der Waals surface area (Å²) in [6, 6.07) is 18.0. The molecule has 0 atom stereocenters. The minimum absolute atomic E-state index is 0.0724. The van der Waals surface area contributed by atoms with E-state index in [1.807, 2.05) is 25.1 Å². The molecule has 9 nitrogen and oxygen atoms in total. The lowest BCUT2D eigenvalue weighted by Gasteiger charge is -2.13. The summed E-state index contributed by atoms with van der Waals surface area (Å²) in [4.78, 5) is 44.0. The van der Waals surface area contributed by atoms with Crippen LogP contribution in [0, 0.1) is 18.6 Å². The van der Waals surface area contributed by atoms with Gasteiger partial charge in [0.05, 0.1) is 17.6 Å². The molecule has 11 heteroatoms. The number of hydrogen-bond donors (Lipinski definition) is 0. The van der Waals surface area contributed by atoms with Crippen LogP contribution in [0.25, 0.3) is 22.5 Å². The second-order valence-electron chi connectivity index (χ2n) is 10.1. The zero-order chi connectivity index (χ0) is 31.0. The van der Waals surface area contributed by atoms with Crippen LogP contribution in [-0.4, -0.2) is 29.5 Å². The average Bonchev–Trinajstić information content (AvgIpc) is 3.49. The maximum atomic E-state index is 15.3. The Hall–Kier alpha value is -5.71. The number of benzene rings is 2. The fourth-order valence-electron chi connectivity index (χ4n) is 4.90. The van der Waals surface area contributed by atoms with Crippen molar-refractivity contribution in [2.45, 2.75) is 26.8 Å². The first-order chi connectivity index (χ1) is 21.2. The topological polar surface area (TPSA) is 100 Å². The number of hydrogen-bond acceptors (Lipinski definition) is 6. The molecular formula is C33H25F2N5O4. The summed E-state index contributed by atoms with van der Waals surface area (Å²) in [5, 5.41) is 4.29. The van der Waals surface area contributed by atoms with E-state index in [2.05, 4.69) is 10.1 Å². The molecule has 0 unspecified atom stereocenters. The van der Waals surface area contributed by atoms with Gasteiger partial charge in [0.15, 0.2) is 23.1 Å². The molecule has 0 N–H and O–H groups in total. The van der Waals surface area contributed by atoms with Crippen molar-refractivity contribution in [3.8, 4) is 28.4 Å². The third kappa shape index (κ3) is 5.42. The predicted molar refractivity (Wildman–Crippen MR) is 160 cm³/mol. The second kappa shape index (κ2) is 11.5. The number of carbonyl (C=O) groups excluding carboxylic acids is 1. The molecule has 0 fully saturated rings. The molecule has 0 amide bonds. The van der Waals surface area contributed by atoms with Crippen molar-refractivity contribution in [3.05, 3.63) is 141 Å². The van der Waals surface area contributed by atoms with Crippen LogP contribution in [0.2, 0.25) is 0 Å². The van der Waals surface area contributed by atoms with Crippen molar-refractivity contribution in [2.24, 2.45) is 0 Å². The molecule has 0 aliphatic carbocycles. The third-order valence-corrected chi connectivity index (χ3v) is 7.12. The summed E-state index contributed by atoms with van der Waals surface area (Å²) in [5.74, 6) is -1.58. The van der Waals surface area contributed by atoms with E-state index in [9.17, 15) is 18.8 Å². The molecule has 4 heterocycles. The number of carbonyl (C=O) groups is 1. The van der Waals surface area contributed by atoms with E-state index in [1.54, 1.807) is 36.0 Å². The van der Waals surface area contributed by atoms with Gasteiger partial charge in [0.25, 0.3) is 5.56 Å². The van der Waals surface area contributed by atoms with E-state index >= 15 is 4.39 Å². The Balaban J connectivity index is 1.29. The van der Waals surface area contributed by atoms with Gasteiger partial charge in [-0.1, -0.05) is 12.1 Å². The number of halogens is 2. The molecule has 2 aromatic carbocycles. The standard InChI is InChI=1S/C33H25F2N5O4/c1-3-38-19-25(32(42)40(33(38)43)24-10-8-23(34)9-11-24)29(41)16-21-7-12-30(26(35)15-21)44-31-17-22(18-39-28(31)13-14-36-39)27-6-4-5-20(2)37-27/h4-15,17-19H,3,16H2,1-2H3. The minimum atomic E-state index is -0.843. The van der Waals surface area contributed by atoms with Crippen LogP contribution in [0.4, 0.5) is 8.78 Å². The third-order valence-electron chi connectivity index (χ3n) is 7.12. The zero-order valence-electron chi connectivity index (χ0n) is 23.7. The lowest BCUT2D eigenvalue weighted by molar-refractivity contribution is 0.0990. The van der Waals surface area contributed by atoms with Crippen molar-refractivity contribution in [1.29, 1.82) is 0 Å². The van der Waals surface area contributed by atoms with Crippen LogP contribution in [0.15, 0.2) is 101 Å². The number of nitrogens with zero attached hydrogens (tertiary/aromatic N) is 5. The van der Waals surface area contributed by atoms with Crippen LogP contribution in [0.3, 0.4) is 0 Å². The van der Waals surface area contributed by atoms with Crippen molar-refractivity contribution >= 4 is 11.3 Å². The van der Waals surface area contributed by atoms with E-state index in [0.29, 0.717) is 22.5 Å². The number of rotatable bonds is 8. The lowest BCUT2D eigenvalue weighted by atomic mass is 10.0. The number of pyridine rings is 2. The summed E-state index contributed by atoms with van der Waals surface area (Å²) in [7, 11) is 0. The Labute approximate surface area is 249 Å². The number of ether oxygens (including phenoxy) is 1. The molecule has 0 saturated heterocycles. The zero-order valence-corrected chi connectivity index (χ0v) is 23.7. The highest BCUT2D eigenvalue weighted by molar-refractivity contribution is 5.97. The summed E-state index contributed by atoms with van der Waals surface area (Å²) in [6.07, 6.45) is 4.31. The van der Waals surface area contributed by atoms with Gasteiger partial charge < -0.3 is 4.74 Å². The van der Waals surface area contributed by atoms with Gasteiger partial charge in [-0.15, -0.1) is 0 Å². The molecule has 0 aliphatic rings. The normalized spacial score (nSPS) is 11.2. The smallest absolute Gasteiger partial charge is 0.335 e. The summed E-state index contributed by atoms with van der Waals surface area (Å²) in [5.41, 5.74) is 1.55. The molecule has 0 bridgehead atoms. The first-order valence-electron chi connectivity index (χ1n) is 13.7. The van der Waals surface area contributed by atoms with Crippen LogP contribution < -0.4 is 16.0 Å². The van der Waals surface area contributed by atoms with E-state index < -0.39 is 28.7 Å². The summed E-state index contributed by atoms with van der Waals surface area (Å²) in [6.45, 7) is 3.76. The van der Waals surface area contributed by atoms with Gasteiger partial charge in [-0.25, -0.2) is 22.7 Å². The van der Waals surface area contributed by atoms with Gasteiger partial charge >= 0.3 is 5.69 Å². The van der Waals surface area contributed by atoms with E-state index in [4.69, 9.17) is 4.74 Å².